The molecular weight excluding hydrogens is 432 g/mol. The zero-order valence-corrected chi connectivity index (χ0v) is 20.9. The molecule has 2 aromatic rings. The van der Waals surface area contributed by atoms with E-state index in [1.165, 1.54) is 25.1 Å². The van der Waals surface area contributed by atoms with Crippen molar-refractivity contribution in [3.8, 4) is 0 Å². The number of halogens is 1. The number of piperidine rings is 1. The average molecular weight is 469 g/mol. The number of hydrogen-bond acceptors (Lipinski definition) is 3. The molecule has 178 valence electrons. The van der Waals surface area contributed by atoms with Crippen LogP contribution >= 0.6 is 11.6 Å². The van der Waals surface area contributed by atoms with Gasteiger partial charge in [-0.1, -0.05) is 68.6 Å². The van der Waals surface area contributed by atoms with E-state index in [0.29, 0.717) is 16.9 Å². The monoisotopic (exact) mass is 468 g/mol. The molecule has 1 aliphatic heterocycles. The highest BCUT2D eigenvalue weighted by Gasteiger charge is 2.35. The Hall–Kier alpha value is -2.17. The average Bonchev–Trinajstić information content (AvgIpc) is 2.81. The molecule has 5 heteroatoms. The molecule has 2 fully saturated rings. The summed E-state index contributed by atoms with van der Waals surface area (Å²) in [6, 6.07) is 17.5. The molecule has 0 spiro atoms. The van der Waals surface area contributed by atoms with Gasteiger partial charge < -0.3 is 15.0 Å². The summed E-state index contributed by atoms with van der Waals surface area (Å²) in [5, 5.41) is 3.79. The van der Waals surface area contributed by atoms with Crippen LogP contribution in [0.3, 0.4) is 0 Å². The third-order valence-electron chi connectivity index (χ3n) is 7.04. The molecule has 1 saturated heterocycles. The number of rotatable bonds is 4. The molecule has 4 rings (SSSR count). The Morgan fingerprint density at radius 2 is 1.70 bits per heavy atom. The van der Waals surface area contributed by atoms with Gasteiger partial charge >= 0.3 is 0 Å². The van der Waals surface area contributed by atoms with Crippen molar-refractivity contribution < 1.29 is 9.59 Å². The lowest BCUT2D eigenvalue weighted by atomic mass is 9.71. The molecule has 4 nitrogen and oxygen atoms in total. The van der Waals surface area contributed by atoms with E-state index in [1.807, 2.05) is 30.3 Å². The summed E-state index contributed by atoms with van der Waals surface area (Å²) in [6.45, 7) is 7.08. The standard InChI is InChI=1S/C14H20ClN.C14H17NO2/c1-14(2)10-16(3)9-8-13(14)11-4-6-12(15)7-5-11;16-10-12-8-4-5-9-13(12)15-14(17)11-6-2-1-3-7-11/h4-7,13H,8-10H2,1-3H3;1-3,6-7,10,12-13H,4-5,8-9H2,(H,15,17)/t;12-,13-/m.1/s1. The van der Waals surface area contributed by atoms with Crippen LogP contribution in [0.2, 0.25) is 5.02 Å². The molecule has 33 heavy (non-hydrogen) atoms. The lowest BCUT2D eigenvalue weighted by molar-refractivity contribution is -0.112. The van der Waals surface area contributed by atoms with E-state index in [0.717, 1.165) is 37.0 Å². The molecule has 1 amide bonds. The van der Waals surface area contributed by atoms with Crippen LogP contribution in [0, 0.1) is 11.3 Å². The highest BCUT2D eigenvalue weighted by atomic mass is 35.5. The van der Waals surface area contributed by atoms with Gasteiger partial charge in [0.25, 0.3) is 5.91 Å². The van der Waals surface area contributed by atoms with Crippen LogP contribution in [0.15, 0.2) is 54.6 Å². The summed E-state index contributed by atoms with van der Waals surface area (Å²) < 4.78 is 0. The van der Waals surface area contributed by atoms with Gasteiger partial charge in [-0.2, -0.15) is 0 Å². The first-order valence-corrected chi connectivity index (χ1v) is 12.4. The number of benzene rings is 2. The van der Waals surface area contributed by atoms with Gasteiger partial charge in [-0.25, -0.2) is 0 Å². The lowest BCUT2D eigenvalue weighted by Crippen LogP contribution is -2.42. The summed E-state index contributed by atoms with van der Waals surface area (Å²) in [4.78, 5) is 25.3. The van der Waals surface area contributed by atoms with Crippen LogP contribution in [0.5, 0.6) is 0 Å². The Balaban J connectivity index is 0.000000186. The maximum Gasteiger partial charge on any atom is 0.251 e. The van der Waals surface area contributed by atoms with Gasteiger partial charge in [-0.15, -0.1) is 0 Å². The number of nitrogens with zero attached hydrogens (tertiary/aromatic N) is 1. The highest BCUT2D eigenvalue weighted by molar-refractivity contribution is 6.30. The Kier molecular flexibility index (Phi) is 9.10. The normalized spacial score (nSPS) is 24.8. The minimum atomic E-state index is -0.0793. The van der Waals surface area contributed by atoms with Crippen molar-refractivity contribution in [1.29, 1.82) is 0 Å². The molecule has 1 saturated carbocycles. The summed E-state index contributed by atoms with van der Waals surface area (Å²) >= 11 is 5.94. The number of hydrogen-bond donors (Lipinski definition) is 1. The van der Waals surface area contributed by atoms with Gasteiger partial charge in [0, 0.05) is 29.1 Å². The molecule has 0 bridgehead atoms. The SMILES string of the molecule is CN1CCC(c2ccc(Cl)cc2)C(C)(C)C1.O=C[C@H]1CCCC[C@H]1NC(=O)c1ccccc1. The predicted molar refractivity (Wildman–Crippen MR) is 136 cm³/mol. The molecule has 0 aromatic heterocycles. The molecule has 1 aliphatic carbocycles. The van der Waals surface area contributed by atoms with E-state index in [-0.39, 0.29) is 17.9 Å². The summed E-state index contributed by atoms with van der Waals surface area (Å²) in [5.74, 6) is 0.557. The Bertz CT molecular complexity index is 898. The quantitative estimate of drug-likeness (QED) is 0.563. The molecule has 1 unspecified atom stereocenters. The van der Waals surface area contributed by atoms with E-state index in [9.17, 15) is 9.59 Å². The molecular formula is C28H37ClN2O2. The van der Waals surface area contributed by atoms with Crippen LogP contribution in [-0.2, 0) is 4.79 Å². The molecule has 0 radical (unpaired) electrons. The van der Waals surface area contributed by atoms with Gasteiger partial charge in [-0.05, 0) is 74.0 Å². The van der Waals surface area contributed by atoms with E-state index in [1.54, 1.807) is 12.1 Å². The summed E-state index contributed by atoms with van der Waals surface area (Å²) in [7, 11) is 2.21. The molecule has 2 aromatic carbocycles. The van der Waals surface area contributed by atoms with E-state index < -0.39 is 0 Å². The molecule has 3 atom stereocenters. The van der Waals surface area contributed by atoms with Crippen LogP contribution in [-0.4, -0.2) is 43.3 Å². The Labute approximate surface area is 203 Å². The third kappa shape index (κ3) is 7.15. The fraction of sp³-hybridized carbons (Fsp3) is 0.500. The van der Waals surface area contributed by atoms with E-state index in [4.69, 9.17) is 11.6 Å². The number of carbonyl (C=O) groups excluding carboxylic acids is 2. The number of amides is 1. The fourth-order valence-corrected chi connectivity index (χ4v) is 5.41. The first kappa shape index (κ1) is 25.5. The van der Waals surface area contributed by atoms with Crippen molar-refractivity contribution >= 4 is 23.8 Å². The maximum atomic E-state index is 11.9. The second-order valence-electron chi connectivity index (χ2n) is 10.1. The zero-order chi connectivity index (χ0) is 23.8. The van der Waals surface area contributed by atoms with Gasteiger partial charge in [-0.3, -0.25) is 4.79 Å². The number of nitrogens with one attached hydrogen (secondary N) is 1. The predicted octanol–water partition coefficient (Wildman–Crippen LogP) is 5.96. The first-order chi connectivity index (χ1) is 15.8. The minimum Gasteiger partial charge on any atom is -0.349 e. The van der Waals surface area contributed by atoms with E-state index in [2.05, 4.69) is 43.2 Å². The van der Waals surface area contributed by atoms with Crippen LogP contribution in [0.25, 0.3) is 0 Å². The smallest absolute Gasteiger partial charge is 0.251 e. The van der Waals surface area contributed by atoms with Crippen molar-refractivity contribution in [2.24, 2.45) is 11.3 Å². The van der Waals surface area contributed by atoms with Gasteiger partial charge in [0.2, 0.25) is 0 Å². The lowest BCUT2D eigenvalue weighted by Gasteiger charge is -2.43. The summed E-state index contributed by atoms with van der Waals surface area (Å²) in [5.41, 5.74) is 2.44. The number of carbonyl (C=O) groups is 2. The molecule has 1 heterocycles. The number of likely N-dealkylation sites (tertiary alicyclic amines) is 1. The molecule has 2 aliphatic rings. The molecule has 1 N–H and O–H groups in total. The van der Waals surface area contributed by atoms with Crippen LogP contribution < -0.4 is 5.32 Å². The maximum absolute atomic E-state index is 11.9. The highest BCUT2D eigenvalue weighted by Crippen LogP contribution is 2.41. The van der Waals surface area contributed by atoms with Crippen molar-refractivity contribution in [2.75, 3.05) is 20.1 Å². The number of aldehydes is 1. The fourth-order valence-electron chi connectivity index (χ4n) is 5.28. The Morgan fingerprint density at radius 3 is 2.33 bits per heavy atom. The zero-order valence-electron chi connectivity index (χ0n) is 20.1. The summed E-state index contributed by atoms with van der Waals surface area (Å²) in [6.07, 6.45) is 6.19. The van der Waals surface area contributed by atoms with Crippen molar-refractivity contribution in [2.45, 2.75) is 57.9 Å². The van der Waals surface area contributed by atoms with E-state index >= 15 is 0 Å². The van der Waals surface area contributed by atoms with Gasteiger partial charge in [0.1, 0.15) is 6.29 Å². The minimum absolute atomic E-state index is 0.00829. The Morgan fingerprint density at radius 1 is 1.03 bits per heavy atom. The topological polar surface area (TPSA) is 49.4 Å². The second kappa shape index (κ2) is 11.8. The van der Waals surface area contributed by atoms with Crippen molar-refractivity contribution in [1.82, 2.24) is 10.2 Å². The van der Waals surface area contributed by atoms with Crippen LogP contribution in [0.4, 0.5) is 0 Å². The largest absolute Gasteiger partial charge is 0.349 e. The van der Waals surface area contributed by atoms with Crippen LogP contribution in [0.1, 0.15) is 67.8 Å². The first-order valence-electron chi connectivity index (χ1n) is 12.1. The third-order valence-corrected chi connectivity index (χ3v) is 7.29. The van der Waals surface area contributed by atoms with Crippen molar-refractivity contribution in [3.05, 3.63) is 70.7 Å². The van der Waals surface area contributed by atoms with Gasteiger partial charge in [0.15, 0.2) is 0 Å². The second-order valence-corrected chi connectivity index (χ2v) is 10.6. The van der Waals surface area contributed by atoms with Crippen molar-refractivity contribution in [3.63, 3.8) is 0 Å². The van der Waals surface area contributed by atoms with Gasteiger partial charge in [0.05, 0.1) is 0 Å².